The van der Waals surface area contributed by atoms with Crippen LogP contribution in [0.4, 0.5) is 0 Å². The van der Waals surface area contributed by atoms with Crippen LogP contribution in [0.3, 0.4) is 0 Å². The zero-order valence-corrected chi connectivity index (χ0v) is 10.7. The Bertz CT molecular complexity index is 282. The molecule has 0 radical (unpaired) electrons. The van der Waals surface area contributed by atoms with Gasteiger partial charge in [0.1, 0.15) is 5.78 Å². The summed E-state index contributed by atoms with van der Waals surface area (Å²) in [5.74, 6) is 1.29. The van der Waals surface area contributed by atoms with Gasteiger partial charge in [0.15, 0.2) is 0 Å². The van der Waals surface area contributed by atoms with E-state index in [-0.39, 0.29) is 6.04 Å². The van der Waals surface area contributed by atoms with Gasteiger partial charge >= 0.3 is 0 Å². The summed E-state index contributed by atoms with van der Waals surface area (Å²) in [6.45, 7) is 3.42. The van der Waals surface area contributed by atoms with Crippen LogP contribution in [0, 0.1) is 5.92 Å². The average molecular weight is 236 g/mol. The fraction of sp³-hybridized carbons (Fsp3) is 0.929. The molecule has 3 nitrogen and oxygen atoms in total. The molecule has 1 saturated carbocycles. The largest absolute Gasteiger partial charge is 0.317 e. The molecule has 1 aliphatic carbocycles. The summed E-state index contributed by atoms with van der Waals surface area (Å²) < 4.78 is 0. The van der Waals surface area contributed by atoms with Crippen molar-refractivity contribution in [1.29, 1.82) is 0 Å². The fourth-order valence-corrected chi connectivity index (χ4v) is 3.45. The lowest BCUT2D eigenvalue weighted by Gasteiger charge is -2.35. The number of ketones is 1. The van der Waals surface area contributed by atoms with E-state index in [0.717, 1.165) is 38.4 Å². The minimum Gasteiger partial charge on any atom is -0.317 e. The number of nitrogens with zero attached hydrogens (tertiary/aromatic N) is 1. The summed E-state index contributed by atoms with van der Waals surface area (Å²) in [6, 6.07) is 0.950. The van der Waals surface area contributed by atoms with Crippen LogP contribution in [0.15, 0.2) is 0 Å². The number of Topliss-reactive ketones (excluding diaryl/α,β-unsaturated/α-hetero) is 1. The number of nitrogens with one attached hydrogen (secondary N) is 1. The molecule has 0 spiro atoms. The van der Waals surface area contributed by atoms with Crippen molar-refractivity contribution in [3.8, 4) is 0 Å². The second kappa shape index (κ2) is 5.07. The van der Waals surface area contributed by atoms with Gasteiger partial charge in [-0.15, -0.1) is 0 Å². The maximum absolute atomic E-state index is 12.3. The zero-order valence-electron chi connectivity index (χ0n) is 10.7. The number of carbonyl (C=O) groups is 1. The van der Waals surface area contributed by atoms with E-state index < -0.39 is 0 Å². The van der Waals surface area contributed by atoms with E-state index in [9.17, 15) is 4.79 Å². The van der Waals surface area contributed by atoms with Crippen molar-refractivity contribution in [2.75, 3.05) is 19.6 Å². The molecule has 3 rings (SSSR count). The number of hydrogen-bond donors (Lipinski definition) is 1. The Morgan fingerprint density at radius 3 is 2.59 bits per heavy atom. The number of carbonyl (C=O) groups excluding carboxylic acids is 1. The molecule has 3 aliphatic rings. The van der Waals surface area contributed by atoms with Gasteiger partial charge in [0.2, 0.25) is 0 Å². The summed E-state index contributed by atoms with van der Waals surface area (Å²) in [5, 5.41) is 3.41. The van der Waals surface area contributed by atoms with Crippen LogP contribution in [0.5, 0.6) is 0 Å². The third kappa shape index (κ3) is 2.71. The minimum absolute atomic E-state index is 0.277. The molecule has 96 valence electrons. The minimum atomic E-state index is 0.277. The van der Waals surface area contributed by atoms with E-state index in [4.69, 9.17) is 0 Å². The van der Waals surface area contributed by atoms with Crippen molar-refractivity contribution < 1.29 is 4.79 Å². The molecule has 0 aromatic heterocycles. The van der Waals surface area contributed by atoms with Gasteiger partial charge in [-0.2, -0.15) is 0 Å². The van der Waals surface area contributed by atoms with Gasteiger partial charge in [0.25, 0.3) is 0 Å². The number of rotatable bonds is 4. The highest BCUT2D eigenvalue weighted by atomic mass is 16.1. The highest BCUT2D eigenvalue weighted by molar-refractivity contribution is 5.84. The van der Waals surface area contributed by atoms with Crippen molar-refractivity contribution >= 4 is 5.78 Å². The zero-order chi connectivity index (χ0) is 11.7. The highest BCUT2D eigenvalue weighted by Crippen LogP contribution is 2.35. The lowest BCUT2D eigenvalue weighted by atomic mass is 10.00. The van der Waals surface area contributed by atoms with Crippen LogP contribution < -0.4 is 5.32 Å². The lowest BCUT2D eigenvalue weighted by Crippen LogP contribution is -2.47. The van der Waals surface area contributed by atoms with E-state index in [2.05, 4.69) is 10.2 Å². The molecule has 2 heterocycles. The molecule has 0 aromatic carbocycles. The monoisotopic (exact) mass is 236 g/mol. The molecule has 0 amide bonds. The Kier molecular flexibility index (Phi) is 3.48. The molecule has 1 N–H and O–H groups in total. The summed E-state index contributed by atoms with van der Waals surface area (Å²) in [5.41, 5.74) is 0. The molecular weight excluding hydrogens is 212 g/mol. The Hall–Kier alpha value is -0.410. The Morgan fingerprint density at radius 1 is 1.12 bits per heavy atom. The van der Waals surface area contributed by atoms with Crippen LogP contribution in [-0.2, 0) is 4.79 Å². The molecule has 3 heteroatoms. The molecule has 3 fully saturated rings. The molecule has 0 aromatic rings. The maximum Gasteiger partial charge on any atom is 0.150 e. The number of likely N-dealkylation sites (tertiary alicyclic amines) is 1. The molecule has 1 atom stereocenters. The predicted molar refractivity (Wildman–Crippen MR) is 68.0 cm³/mol. The van der Waals surface area contributed by atoms with E-state index in [0.29, 0.717) is 11.8 Å². The van der Waals surface area contributed by atoms with Crippen molar-refractivity contribution in [2.45, 2.75) is 57.0 Å². The first kappa shape index (κ1) is 11.7. The summed E-state index contributed by atoms with van der Waals surface area (Å²) >= 11 is 0. The van der Waals surface area contributed by atoms with Crippen molar-refractivity contribution in [3.05, 3.63) is 0 Å². The van der Waals surface area contributed by atoms with Crippen molar-refractivity contribution in [2.24, 2.45) is 5.92 Å². The molecule has 2 aliphatic heterocycles. The van der Waals surface area contributed by atoms with E-state index >= 15 is 0 Å². The summed E-state index contributed by atoms with van der Waals surface area (Å²) in [7, 11) is 0. The van der Waals surface area contributed by atoms with Gasteiger partial charge in [0, 0.05) is 12.5 Å². The summed E-state index contributed by atoms with van der Waals surface area (Å²) in [4.78, 5) is 14.8. The smallest absolute Gasteiger partial charge is 0.150 e. The average Bonchev–Trinajstić information content (AvgIpc) is 3.04. The predicted octanol–water partition coefficient (Wildman–Crippen LogP) is 1.57. The number of piperidine rings is 1. The Balaban J connectivity index is 1.59. The maximum atomic E-state index is 12.3. The van der Waals surface area contributed by atoms with Gasteiger partial charge in [-0.25, -0.2) is 0 Å². The van der Waals surface area contributed by atoms with Gasteiger partial charge in [-0.05, 0) is 64.1 Å². The van der Waals surface area contributed by atoms with E-state index in [1.54, 1.807) is 0 Å². The van der Waals surface area contributed by atoms with Crippen LogP contribution in [0.1, 0.15) is 44.9 Å². The molecule has 0 bridgehead atoms. The summed E-state index contributed by atoms with van der Waals surface area (Å²) in [6.07, 6.45) is 8.27. The van der Waals surface area contributed by atoms with Gasteiger partial charge in [0.05, 0.1) is 6.04 Å². The van der Waals surface area contributed by atoms with Gasteiger partial charge in [-0.1, -0.05) is 0 Å². The van der Waals surface area contributed by atoms with Crippen LogP contribution >= 0.6 is 0 Å². The van der Waals surface area contributed by atoms with Gasteiger partial charge < -0.3 is 5.32 Å². The third-order valence-corrected chi connectivity index (χ3v) is 4.63. The molecular formula is C14H24N2O. The first-order chi connectivity index (χ1) is 8.34. The van der Waals surface area contributed by atoms with Crippen molar-refractivity contribution in [1.82, 2.24) is 10.2 Å². The standard InChI is InChI=1S/C14H24N2O/c17-14(10-11-3-4-11)13-2-1-9-16(13)12-5-7-15-8-6-12/h11-13,15H,1-10H2. The normalized spacial score (nSPS) is 31.9. The molecule has 2 saturated heterocycles. The second-order valence-electron chi connectivity index (χ2n) is 5.99. The van der Waals surface area contributed by atoms with E-state index in [1.807, 2.05) is 0 Å². The quantitative estimate of drug-likeness (QED) is 0.804. The third-order valence-electron chi connectivity index (χ3n) is 4.63. The van der Waals surface area contributed by atoms with Gasteiger partial charge in [-0.3, -0.25) is 9.69 Å². The topological polar surface area (TPSA) is 32.3 Å². The fourth-order valence-electron chi connectivity index (χ4n) is 3.45. The first-order valence-corrected chi connectivity index (χ1v) is 7.34. The number of hydrogen-bond acceptors (Lipinski definition) is 3. The second-order valence-corrected chi connectivity index (χ2v) is 5.99. The Morgan fingerprint density at radius 2 is 1.88 bits per heavy atom. The van der Waals surface area contributed by atoms with Crippen LogP contribution in [-0.4, -0.2) is 42.4 Å². The lowest BCUT2D eigenvalue weighted by molar-refractivity contribution is -0.124. The molecule has 1 unspecified atom stereocenters. The molecule has 17 heavy (non-hydrogen) atoms. The SMILES string of the molecule is O=C(CC1CC1)C1CCCN1C1CCNCC1. The Labute approximate surface area is 104 Å². The first-order valence-electron chi connectivity index (χ1n) is 7.34. The highest BCUT2D eigenvalue weighted by Gasteiger charge is 2.37. The van der Waals surface area contributed by atoms with E-state index in [1.165, 1.54) is 32.1 Å². The van der Waals surface area contributed by atoms with Crippen LogP contribution in [0.25, 0.3) is 0 Å². The van der Waals surface area contributed by atoms with Crippen LogP contribution in [0.2, 0.25) is 0 Å². The van der Waals surface area contributed by atoms with Crippen molar-refractivity contribution in [3.63, 3.8) is 0 Å².